The smallest absolute Gasteiger partial charge is 0.375 e. The predicted octanol–water partition coefficient (Wildman–Crippen LogP) is 3.07. The Kier molecular flexibility index (Phi) is 14.3. The van der Waals surface area contributed by atoms with Gasteiger partial charge in [-0.15, -0.1) is 11.8 Å². The van der Waals surface area contributed by atoms with Crippen LogP contribution in [0.25, 0.3) is 0 Å². The van der Waals surface area contributed by atoms with Crippen molar-refractivity contribution in [3.05, 3.63) is 39.4 Å². The van der Waals surface area contributed by atoms with Crippen molar-refractivity contribution in [3.63, 3.8) is 0 Å². The summed E-state index contributed by atoms with van der Waals surface area (Å²) in [6, 6.07) is -0.625. The van der Waals surface area contributed by atoms with Crippen LogP contribution in [-0.2, 0) is 35.0 Å². The van der Waals surface area contributed by atoms with E-state index in [2.05, 4.69) is 6.92 Å². The molecule has 0 saturated carbocycles. The first-order chi connectivity index (χ1) is 27.4. The van der Waals surface area contributed by atoms with Crippen molar-refractivity contribution < 1.29 is 68.3 Å². The summed E-state index contributed by atoms with van der Waals surface area (Å²) in [7, 11) is 7.26. The Hall–Kier alpha value is -3.33. The number of esters is 2. The lowest BCUT2D eigenvalue weighted by Crippen LogP contribution is -2.69. The molecule has 0 aliphatic carbocycles. The van der Waals surface area contributed by atoms with E-state index >= 15 is 0 Å². The van der Waals surface area contributed by atoms with Gasteiger partial charge in [0.1, 0.15) is 24.7 Å². The normalized spacial score (nSPS) is 31.7. The molecule has 5 N–H and O–H groups in total. The third-order valence-electron chi connectivity index (χ3n) is 11.8. The Bertz CT molecular complexity index is 1900. The lowest BCUT2D eigenvalue weighted by Gasteiger charge is -2.61. The van der Waals surface area contributed by atoms with Crippen molar-refractivity contribution in [2.24, 2.45) is 0 Å². The van der Waals surface area contributed by atoms with Crippen LogP contribution < -0.4 is 14.2 Å². The van der Waals surface area contributed by atoms with Gasteiger partial charge in [0.2, 0.25) is 11.6 Å². The number of fused-ring (bicyclic) bond motifs is 7. The van der Waals surface area contributed by atoms with Gasteiger partial charge in [0.15, 0.2) is 23.0 Å². The van der Waals surface area contributed by atoms with Crippen LogP contribution in [-0.4, -0.2) is 148 Å². The van der Waals surface area contributed by atoms with E-state index < -0.39 is 59.2 Å². The Morgan fingerprint density at radius 3 is 2.21 bits per heavy atom. The molecule has 18 heteroatoms. The first-order valence-corrected chi connectivity index (χ1v) is 21.0. The van der Waals surface area contributed by atoms with Gasteiger partial charge in [0.25, 0.3) is 0 Å². The minimum atomic E-state index is -1.14. The van der Waals surface area contributed by atoms with Gasteiger partial charge >= 0.3 is 11.9 Å². The summed E-state index contributed by atoms with van der Waals surface area (Å²) in [6.07, 6.45) is -0.820. The van der Waals surface area contributed by atoms with Crippen molar-refractivity contribution in [3.8, 4) is 28.7 Å². The first kappa shape index (κ1) is 45.7. The number of likely N-dealkylation sites (N-methyl/N-ethyl adjacent to an activating group) is 1. The molecule has 4 bridgehead atoms. The van der Waals surface area contributed by atoms with E-state index in [1.807, 2.05) is 38.8 Å². The zero-order chi connectivity index (χ0) is 43.1. The highest BCUT2D eigenvalue weighted by molar-refractivity contribution is 8.00. The molecule has 10 atom stereocenters. The van der Waals surface area contributed by atoms with Gasteiger partial charge in [-0.05, 0) is 52.3 Å². The van der Waals surface area contributed by atoms with Gasteiger partial charge in [-0.2, -0.15) is 11.8 Å². The molecule has 5 aliphatic rings. The summed E-state index contributed by atoms with van der Waals surface area (Å²) >= 11 is 2.81. The van der Waals surface area contributed by atoms with E-state index in [1.165, 1.54) is 28.3 Å². The number of rotatable bonds is 4. The monoisotopic (exact) mass is 852 g/mol. The van der Waals surface area contributed by atoms with E-state index in [-0.39, 0.29) is 53.1 Å². The highest BCUT2D eigenvalue weighted by Gasteiger charge is 2.60. The summed E-state index contributed by atoms with van der Waals surface area (Å²) in [5.74, 6) is -2.85. The maximum absolute atomic E-state index is 12.8. The standard InChI is InChI=1S/C30H34N2O10S.C9H18O3S.CH4O/c1-11-7-14-8-15-29(37)32-16-9-41-30(38)17(34)10-43-28(22(32)21(31(15)4)18(14)23(35)25(11)39-5)20-19(16)24(36)27(40-6)12(2)26(20)42-13(3)33;1-6-7(2)13-5-9(10,11-4)8(3)12-6;1-2/h7,15-16,21-22,28-29,35-37H,8-10H2,1-6H3;6-8,10H,5H2,1-4H3;2H,1H3. The van der Waals surface area contributed by atoms with Crippen LogP contribution in [0.15, 0.2) is 6.07 Å². The van der Waals surface area contributed by atoms with Gasteiger partial charge in [-0.25, -0.2) is 4.79 Å². The van der Waals surface area contributed by atoms with Gasteiger partial charge < -0.3 is 54.0 Å². The summed E-state index contributed by atoms with van der Waals surface area (Å²) < 4.78 is 33.1. The number of ketones is 1. The first-order valence-electron chi connectivity index (χ1n) is 18.9. The highest BCUT2D eigenvalue weighted by Crippen LogP contribution is 2.63. The molecule has 5 heterocycles. The van der Waals surface area contributed by atoms with Gasteiger partial charge in [0.05, 0.1) is 55.2 Å². The number of thioether (sulfide) groups is 2. The summed E-state index contributed by atoms with van der Waals surface area (Å²) in [5.41, 5.74) is 3.33. The minimum absolute atomic E-state index is 0.0150. The van der Waals surface area contributed by atoms with E-state index in [4.69, 9.17) is 33.5 Å². The van der Waals surface area contributed by atoms with E-state index in [9.17, 15) is 34.8 Å². The number of phenols is 2. The average molecular weight is 853 g/mol. The minimum Gasteiger partial charge on any atom is -0.504 e. The quantitative estimate of drug-likeness (QED) is 0.129. The zero-order valence-corrected chi connectivity index (χ0v) is 36.4. The number of hydrogen-bond donors (Lipinski definition) is 5. The molecule has 10 unspecified atom stereocenters. The number of methoxy groups -OCH3 is 3. The Morgan fingerprint density at radius 1 is 0.966 bits per heavy atom. The molecule has 3 fully saturated rings. The summed E-state index contributed by atoms with van der Waals surface area (Å²) in [4.78, 5) is 41.7. The Balaban J connectivity index is 0.000000362. The molecule has 0 amide bonds. The Labute approximate surface area is 347 Å². The van der Waals surface area contributed by atoms with Crippen LogP contribution in [0.2, 0.25) is 0 Å². The van der Waals surface area contributed by atoms with Crippen molar-refractivity contribution in [1.82, 2.24) is 9.80 Å². The number of phenolic OH excluding ortho intramolecular Hbond substituents is 2. The van der Waals surface area contributed by atoms with Crippen molar-refractivity contribution in [2.75, 3.05) is 53.6 Å². The average Bonchev–Trinajstić information content (AvgIpc) is 3.28. The molecular formula is C40H56N2O14S2. The molecule has 2 aromatic rings. The number of aliphatic hydroxyl groups excluding tert-OH is 2. The van der Waals surface area contributed by atoms with E-state index in [1.54, 1.807) is 23.6 Å². The molecule has 2 aromatic carbocycles. The second-order valence-corrected chi connectivity index (χ2v) is 17.5. The number of benzene rings is 2. The molecule has 322 valence electrons. The van der Waals surface area contributed by atoms with Crippen LogP contribution >= 0.6 is 23.5 Å². The fourth-order valence-corrected chi connectivity index (χ4v) is 11.3. The fourth-order valence-electron chi connectivity index (χ4n) is 8.78. The van der Waals surface area contributed by atoms with Crippen LogP contribution in [0.4, 0.5) is 0 Å². The third kappa shape index (κ3) is 7.87. The topological polar surface area (TPSA) is 214 Å². The maximum atomic E-state index is 12.8. The second-order valence-electron chi connectivity index (χ2n) is 15.0. The van der Waals surface area contributed by atoms with Gasteiger partial charge in [-0.3, -0.25) is 19.4 Å². The number of aromatic hydroxyl groups is 2. The molecule has 3 saturated heterocycles. The molecule has 0 aromatic heterocycles. The van der Waals surface area contributed by atoms with Crippen molar-refractivity contribution in [2.45, 2.75) is 107 Å². The number of aryl methyl sites for hydroxylation is 1. The van der Waals surface area contributed by atoms with Crippen LogP contribution in [0.1, 0.15) is 78.4 Å². The molecule has 58 heavy (non-hydrogen) atoms. The largest absolute Gasteiger partial charge is 0.504 e. The number of piperazine rings is 1. The molecular weight excluding hydrogens is 797 g/mol. The Morgan fingerprint density at radius 2 is 1.60 bits per heavy atom. The number of cyclic esters (lactones) is 1. The van der Waals surface area contributed by atoms with Crippen molar-refractivity contribution in [1.29, 1.82) is 0 Å². The lowest BCUT2D eigenvalue weighted by molar-refractivity contribution is -0.239. The van der Waals surface area contributed by atoms with Crippen LogP contribution in [0, 0.1) is 13.8 Å². The molecule has 7 rings (SSSR count). The number of aliphatic hydroxyl groups is 3. The van der Waals surface area contributed by atoms with Crippen LogP contribution in [0.5, 0.6) is 28.7 Å². The molecule has 0 radical (unpaired) electrons. The third-order valence-corrected chi connectivity index (χ3v) is 14.6. The number of nitrogens with zero attached hydrogens (tertiary/aromatic N) is 2. The predicted molar refractivity (Wildman–Crippen MR) is 216 cm³/mol. The summed E-state index contributed by atoms with van der Waals surface area (Å²) in [6.45, 7) is 10.4. The second kappa shape index (κ2) is 18.1. The molecule has 16 nitrogen and oxygen atoms in total. The molecule has 0 spiro atoms. The number of Topliss-reactive ketones (excluding diaryl/α,β-unsaturated/α-hetero) is 1. The van der Waals surface area contributed by atoms with Crippen molar-refractivity contribution >= 4 is 41.2 Å². The number of carbonyl (C=O) groups excluding carboxylic acids is 3. The molecule has 5 aliphatic heterocycles. The highest BCUT2D eigenvalue weighted by atomic mass is 32.2. The van der Waals surface area contributed by atoms with E-state index in [0.29, 0.717) is 39.9 Å². The SMILES string of the molecule is CO.COC1(O)CSC(C)C(C)OC1C.COc1c(C)cc2c(c1O)C1C3C4SCC(=O)C(=O)OCC(c5c(O)c(OC)c(C)c(OC(C)=O)c54)N3C(O)C(C2)N1C. The fraction of sp³-hybridized carbons (Fsp3) is 0.625. The summed E-state index contributed by atoms with van der Waals surface area (Å²) in [5, 5.41) is 52.0. The number of hydrogen-bond acceptors (Lipinski definition) is 18. The van der Waals surface area contributed by atoms with E-state index in [0.717, 1.165) is 30.0 Å². The van der Waals surface area contributed by atoms with Gasteiger partial charge in [0, 0.05) is 54.7 Å². The number of carbonyl (C=O) groups is 3. The number of ether oxygens (including phenoxy) is 6. The zero-order valence-electron chi connectivity index (χ0n) is 34.7. The lowest BCUT2D eigenvalue weighted by atomic mass is 9.73. The maximum Gasteiger partial charge on any atom is 0.375 e. The van der Waals surface area contributed by atoms with Gasteiger partial charge in [-0.1, -0.05) is 13.0 Å². The van der Waals surface area contributed by atoms with Crippen LogP contribution in [0.3, 0.4) is 0 Å².